The number of likely N-dealkylation sites (N-methyl/N-ethyl adjacent to an activating group) is 1. The number of aliphatic hydroxyl groups is 2. The maximum atomic E-state index is 9.88. The normalized spacial score (nSPS) is 13.0. The Kier molecular flexibility index (Phi) is 17.1. The highest BCUT2D eigenvalue weighted by Crippen LogP contribution is 2.13. The van der Waals surface area contributed by atoms with Crippen LogP contribution in [-0.4, -0.2) is 48.0 Å². The van der Waals surface area contributed by atoms with Gasteiger partial charge in [0.25, 0.3) is 0 Å². The molecule has 134 valence electrons. The molecule has 0 amide bonds. The molecule has 1 unspecified atom stereocenters. The lowest BCUT2D eigenvalue weighted by atomic mass is 10.0. The summed E-state index contributed by atoms with van der Waals surface area (Å²) >= 11 is 0. The van der Waals surface area contributed by atoms with E-state index in [0.29, 0.717) is 13.1 Å². The average molecular weight is 316 g/mol. The van der Waals surface area contributed by atoms with Crippen LogP contribution in [0.5, 0.6) is 0 Å². The van der Waals surface area contributed by atoms with Crippen LogP contribution in [0.3, 0.4) is 0 Å². The Morgan fingerprint density at radius 2 is 1.23 bits per heavy atom. The van der Waals surface area contributed by atoms with E-state index in [-0.39, 0.29) is 12.7 Å². The lowest BCUT2D eigenvalue weighted by Crippen LogP contribution is -2.31. The smallest absolute Gasteiger partial charge is 0.0667 e. The maximum Gasteiger partial charge on any atom is 0.0667 e. The number of aliphatic hydroxyl groups excluding tert-OH is 2. The Labute approximate surface area is 139 Å². The molecule has 0 fully saturated rings. The summed E-state index contributed by atoms with van der Waals surface area (Å²) in [7, 11) is 1.95. The van der Waals surface area contributed by atoms with E-state index in [4.69, 9.17) is 5.11 Å². The molecule has 1 atom stereocenters. The fourth-order valence-corrected chi connectivity index (χ4v) is 2.93. The van der Waals surface area contributed by atoms with Gasteiger partial charge < -0.3 is 15.1 Å². The van der Waals surface area contributed by atoms with Crippen LogP contribution >= 0.6 is 0 Å². The zero-order valence-electron chi connectivity index (χ0n) is 15.2. The Bertz CT molecular complexity index is 212. The molecule has 0 aromatic carbocycles. The van der Waals surface area contributed by atoms with Crippen molar-refractivity contribution in [1.82, 2.24) is 4.90 Å². The van der Waals surface area contributed by atoms with Gasteiger partial charge in [-0.05, 0) is 13.5 Å². The van der Waals surface area contributed by atoms with Crippen LogP contribution in [0.25, 0.3) is 0 Å². The molecule has 2 N–H and O–H groups in total. The Morgan fingerprint density at radius 3 is 1.68 bits per heavy atom. The van der Waals surface area contributed by atoms with Gasteiger partial charge in [-0.1, -0.05) is 84.0 Å². The molecule has 0 radical (unpaired) electrons. The van der Waals surface area contributed by atoms with Gasteiger partial charge in [0.05, 0.1) is 12.7 Å². The number of rotatable bonds is 17. The van der Waals surface area contributed by atoms with Crippen molar-refractivity contribution >= 4 is 0 Å². The molecule has 3 heteroatoms. The molecule has 0 aliphatic carbocycles. The standard InChI is InChI=1S/C19H41NO2/c1-3-4-5-6-7-8-9-10-11-12-13-14-15-19(22)18-20(2)16-17-21/h19,21-22H,3-18H2,1-2H3. The summed E-state index contributed by atoms with van der Waals surface area (Å²) in [6.45, 7) is 3.77. The first-order valence-corrected chi connectivity index (χ1v) is 9.68. The summed E-state index contributed by atoms with van der Waals surface area (Å²) in [6.07, 6.45) is 16.9. The third-order valence-corrected chi connectivity index (χ3v) is 4.40. The quantitative estimate of drug-likeness (QED) is 0.392. The highest BCUT2D eigenvalue weighted by molar-refractivity contribution is 4.61. The van der Waals surface area contributed by atoms with Gasteiger partial charge in [0, 0.05) is 13.1 Å². The molecule has 0 rings (SSSR count). The second-order valence-electron chi connectivity index (χ2n) is 6.82. The molecule has 0 bridgehead atoms. The minimum Gasteiger partial charge on any atom is -0.395 e. The van der Waals surface area contributed by atoms with Crippen molar-refractivity contribution in [3.63, 3.8) is 0 Å². The first kappa shape index (κ1) is 21.9. The zero-order valence-corrected chi connectivity index (χ0v) is 15.2. The van der Waals surface area contributed by atoms with Gasteiger partial charge in [-0.2, -0.15) is 0 Å². The van der Waals surface area contributed by atoms with Crippen LogP contribution in [0.2, 0.25) is 0 Å². The predicted octanol–water partition coefficient (Wildman–Crippen LogP) is 4.36. The van der Waals surface area contributed by atoms with Gasteiger partial charge in [0.2, 0.25) is 0 Å². The predicted molar refractivity (Wildman–Crippen MR) is 96.3 cm³/mol. The zero-order chi connectivity index (χ0) is 16.5. The third-order valence-electron chi connectivity index (χ3n) is 4.40. The van der Waals surface area contributed by atoms with E-state index < -0.39 is 0 Å². The number of unbranched alkanes of at least 4 members (excludes halogenated alkanes) is 11. The van der Waals surface area contributed by atoms with E-state index >= 15 is 0 Å². The van der Waals surface area contributed by atoms with Crippen LogP contribution in [0.1, 0.15) is 90.4 Å². The van der Waals surface area contributed by atoms with E-state index in [1.54, 1.807) is 0 Å². The van der Waals surface area contributed by atoms with Gasteiger partial charge in [-0.25, -0.2) is 0 Å². The molecule has 0 aromatic heterocycles. The molecule has 0 aromatic rings. The molecule has 0 aliphatic heterocycles. The lowest BCUT2D eigenvalue weighted by molar-refractivity contribution is 0.105. The van der Waals surface area contributed by atoms with Crippen molar-refractivity contribution in [3.05, 3.63) is 0 Å². The molecular weight excluding hydrogens is 274 g/mol. The van der Waals surface area contributed by atoms with Crippen molar-refractivity contribution in [2.45, 2.75) is 96.5 Å². The molecule has 3 nitrogen and oxygen atoms in total. The van der Waals surface area contributed by atoms with Gasteiger partial charge in [0.15, 0.2) is 0 Å². The SMILES string of the molecule is CCCCCCCCCCCCCCC(O)CN(C)CCO. The summed E-state index contributed by atoms with van der Waals surface area (Å²) in [5, 5.41) is 18.7. The van der Waals surface area contributed by atoms with Crippen LogP contribution in [-0.2, 0) is 0 Å². The van der Waals surface area contributed by atoms with Crippen molar-refractivity contribution in [2.75, 3.05) is 26.7 Å². The summed E-state index contributed by atoms with van der Waals surface area (Å²) < 4.78 is 0. The van der Waals surface area contributed by atoms with Crippen LogP contribution in [0.4, 0.5) is 0 Å². The number of hydrogen-bond donors (Lipinski definition) is 2. The summed E-state index contributed by atoms with van der Waals surface area (Å²) in [5.74, 6) is 0. The van der Waals surface area contributed by atoms with Crippen molar-refractivity contribution < 1.29 is 10.2 Å². The maximum absolute atomic E-state index is 9.88. The van der Waals surface area contributed by atoms with E-state index in [1.165, 1.54) is 70.6 Å². The molecule has 0 saturated heterocycles. The highest BCUT2D eigenvalue weighted by Gasteiger charge is 2.07. The average Bonchev–Trinajstić information content (AvgIpc) is 2.48. The molecule has 0 saturated carbocycles. The molecule has 22 heavy (non-hydrogen) atoms. The highest BCUT2D eigenvalue weighted by atomic mass is 16.3. The third kappa shape index (κ3) is 16.3. The van der Waals surface area contributed by atoms with Gasteiger partial charge in [-0.15, -0.1) is 0 Å². The molecule has 0 heterocycles. The first-order chi connectivity index (χ1) is 10.7. The number of nitrogens with zero attached hydrogens (tertiary/aromatic N) is 1. The second kappa shape index (κ2) is 17.2. The largest absolute Gasteiger partial charge is 0.395 e. The molecule has 0 spiro atoms. The van der Waals surface area contributed by atoms with E-state index in [1.807, 2.05) is 11.9 Å². The number of hydrogen-bond acceptors (Lipinski definition) is 3. The minimum atomic E-state index is -0.236. The van der Waals surface area contributed by atoms with E-state index in [9.17, 15) is 5.11 Å². The fourth-order valence-electron chi connectivity index (χ4n) is 2.93. The monoisotopic (exact) mass is 315 g/mol. The van der Waals surface area contributed by atoms with Crippen LogP contribution < -0.4 is 0 Å². The van der Waals surface area contributed by atoms with Crippen molar-refractivity contribution in [3.8, 4) is 0 Å². The van der Waals surface area contributed by atoms with Gasteiger partial charge >= 0.3 is 0 Å². The summed E-state index contributed by atoms with van der Waals surface area (Å²) in [6, 6.07) is 0. The Balaban J connectivity index is 3.16. The Hall–Kier alpha value is -0.120. The van der Waals surface area contributed by atoms with Gasteiger partial charge in [0.1, 0.15) is 0 Å². The molecule has 0 aliphatic rings. The van der Waals surface area contributed by atoms with Crippen LogP contribution in [0, 0.1) is 0 Å². The van der Waals surface area contributed by atoms with E-state index in [2.05, 4.69) is 6.92 Å². The second-order valence-corrected chi connectivity index (χ2v) is 6.82. The Morgan fingerprint density at radius 1 is 0.773 bits per heavy atom. The summed E-state index contributed by atoms with van der Waals surface area (Å²) in [5.41, 5.74) is 0. The van der Waals surface area contributed by atoms with Gasteiger partial charge in [-0.3, -0.25) is 0 Å². The topological polar surface area (TPSA) is 43.7 Å². The van der Waals surface area contributed by atoms with E-state index in [0.717, 1.165) is 12.8 Å². The van der Waals surface area contributed by atoms with Crippen molar-refractivity contribution in [2.24, 2.45) is 0 Å². The fraction of sp³-hybridized carbons (Fsp3) is 1.00. The molecular formula is C19H41NO2. The summed E-state index contributed by atoms with van der Waals surface area (Å²) in [4.78, 5) is 1.99. The minimum absolute atomic E-state index is 0.168. The van der Waals surface area contributed by atoms with Crippen molar-refractivity contribution in [1.29, 1.82) is 0 Å². The first-order valence-electron chi connectivity index (χ1n) is 9.68. The van der Waals surface area contributed by atoms with Crippen LogP contribution in [0.15, 0.2) is 0 Å². The lowest BCUT2D eigenvalue weighted by Gasteiger charge is -2.19.